The summed E-state index contributed by atoms with van der Waals surface area (Å²) in [6.45, 7) is 5.90. The lowest BCUT2D eigenvalue weighted by Gasteiger charge is -2.31. The zero-order valence-electron chi connectivity index (χ0n) is 14.9. The Kier molecular flexibility index (Phi) is 5.58. The second kappa shape index (κ2) is 7.85. The molecule has 0 radical (unpaired) electrons. The molecule has 1 aliphatic rings. The van der Waals surface area contributed by atoms with Crippen LogP contribution in [-0.4, -0.2) is 52.1 Å². The summed E-state index contributed by atoms with van der Waals surface area (Å²) in [6, 6.07) is 2.02. The van der Waals surface area contributed by atoms with E-state index in [-0.39, 0.29) is 0 Å². The van der Waals surface area contributed by atoms with Gasteiger partial charge in [0.2, 0.25) is 0 Å². The standard InChI is InChI=1S/C18H27N5O/c1-14-8-17(21-24-14)13-23-6-4-15(5-7-23)9-16-10-20-18(11-19-16)12-22(2)3/h8,10-11,15H,4-7,9,12-13H2,1-3H3. The van der Waals surface area contributed by atoms with Crippen LogP contribution >= 0.6 is 0 Å². The summed E-state index contributed by atoms with van der Waals surface area (Å²) in [7, 11) is 4.09. The van der Waals surface area contributed by atoms with Crippen LogP contribution in [-0.2, 0) is 19.5 Å². The monoisotopic (exact) mass is 329 g/mol. The van der Waals surface area contributed by atoms with Gasteiger partial charge >= 0.3 is 0 Å². The molecule has 1 saturated heterocycles. The molecule has 0 amide bonds. The zero-order chi connectivity index (χ0) is 16.9. The Hall–Kier alpha value is -1.79. The highest BCUT2D eigenvalue weighted by Gasteiger charge is 2.21. The number of hydrogen-bond acceptors (Lipinski definition) is 6. The van der Waals surface area contributed by atoms with Crippen molar-refractivity contribution in [2.45, 2.75) is 39.3 Å². The van der Waals surface area contributed by atoms with Crippen molar-refractivity contribution in [3.05, 3.63) is 41.3 Å². The average molecular weight is 329 g/mol. The SMILES string of the molecule is Cc1cc(CN2CCC(Cc3cnc(CN(C)C)cn3)CC2)no1. The predicted molar refractivity (Wildman–Crippen MR) is 92.4 cm³/mol. The van der Waals surface area contributed by atoms with Crippen LogP contribution in [0.3, 0.4) is 0 Å². The van der Waals surface area contributed by atoms with Crippen LogP contribution in [0.1, 0.15) is 35.7 Å². The van der Waals surface area contributed by atoms with E-state index in [0.717, 1.165) is 55.4 Å². The minimum absolute atomic E-state index is 0.703. The van der Waals surface area contributed by atoms with Gasteiger partial charge in [-0.15, -0.1) is 0 Å². The highest BCUT2D eigenvalue weighted by atomic mass is 16.5. The Labute approximate surface area is 143 Å². The molecule has 6 nitrogen and oxygen atoms in total. The third-order valence-electron chi connectivity index (χ3n) is 4.50. The van der Waals surface area contributed by atoms with Crippen molar-refractivity contribution in [2.75, 3.05) is 27.2 Å². The summed E-state index contributed by atoms with van der Waals surface area (Å²) in [6.07, 6.45) is 7.31. The van der Waals surface area contributed by atoms with E-state index in [1.807, 2.05) is 39.5 Å². The lowest BCUT2D eigenvalue weighted by Crippen LogP contribution is -2.34. The highest BCUT2D eigenvalue weighted by molar-refractivity contribution is 5.05. The molecule has 2 aromatic rings. The Morgan fingerprint density at radius 3 is 2.42 bits per heavy atom. The number of hydrogen-bond donors (Lipinski definition) is 0. The number of piperidine rings is 1. The lowest BCUT2D eigenvalue weighted by molar-refractivity contribution is 0.172. The van der Waals surface area contributed by atoms with Crippen molar-refractivity contribution in [3.8, 4) is 0 Å². The van der Waals surface area contributed by atoms with Crippen molar-refractivity contribution in [1.29, 1.82) is 0 Å². The number of rotatable bonds is 6. The molecule has 6 heteroatoms. The Morgan fingerprint density at radius 2 is 1.83 bits per heavy atom. The summed E-state index contributed by atoms with van der Waals surface area (Å²) >= 11 is 0. The fourth-order valence-electron chi connectivity index (χ4n) is 3.26. The molecule has 0 spiro atoms. The van der Waals surface area contributed by atoms with Gasteiger partial charge in [-0.05, 0) is 59.3 Å². The second-order valence-electron chi connectivity index (χ2n) is 7.09. The summed E-state index contributed by atoms with van der Waals surface area (Å²) < 4.78 is 5.14. The van der Waals surface area contributed by atoms with Gasteiger partial charge in [-0.1, -0.05) is 5.16 Å². The normalized spacial score (nSPS) is 16.8. The molecule has 0 saturated carbocycles. The first-order chi connectivity index (χ1) is 11.6. The van der Waals surface area contributed by atoms with Crippen molar-refractivity contribution < 1.29 is 4.52 Å². The topological polar surface area (TPSA) is 58.3 Å². The summed E-state index contributed by atoms with van der Waals surface area (Å²) in [5.74, 6) is 1.59. The molecule has 0 N–H and O–H groups in total. The fraction of sp³-hybridized carbons (Fsp3) is 0.611. The molecule has 0 aromatic carbocycles. The largest absolute Gasteiger partial charge is 0.361 e. The van der Waals surface area contributed by atoms with E-state index in [1.165, 1.54) is 12.8 Å². The highest BCUT2D eigenvalue weighted by Crippen LogP contribution is 2.22. The van der Waals surface area contributed by atoms with E-state index in [4.69, 9.17) is 4.52 Å². The van der Waals surface area contributed by atoms with E-state index in [0.29, 0.717) is 5.92 Å². The summed E-state index contributed by atoms with van der Waals surface area (Å²) in [5, 5.41) is 4.09. The third kappa shape index (κ3) is 4.85. The van der Waals surface area contributed by atoms with Gasteiger partial charge in [0, 0.05) is 25.4 Å². The molecule has 3 heterocycles. The third-order valence-corrected chi connectivity index (χ3v) is 4.50. The molecule has 1 fully saturated rings. The number of nitrogens with zero attached hydrogens (tertiary/aromatic N) is 5. The van der Waals surface area contributed by atoms with Crippen molar-refractivity contribution in [2.24, 2.45) is 5.92 Å². The quantitative estimate of drug-likeness (QED) is 0.810. The first-order valence-electron chi connectivity index (χ1n) is 8.67. The van der Waals surface area contributed by atoms with Crippen LogP contribution in [0.4, 0.5) is 0 Å². The number of likely N-dealkylation sites (tertiary alicyclic amines) is 1. The predicted octanol–water partition coefficient (Wildman–Crippen LogP) is 2.29. The van der Waals surface area contributed by atoms with Crippen molar-refractivity contribution in [1.82, 2.24) is 24.9 Å². The van der Waals surface area contributed by atoms with Gasteiger partial charge in [0.15, 0.2) is 0 Å². The van der Waals surface area contributed by atoms with Crippen molar-refractivity contribution in [3.63, 3.8) is 0 Å². The smallest absolute Gasteiger partial charge is 0.133 e. The van der Waals surface area contributed by atoms with Crippen LogP contribution in [0.25, 0.3) is 0 Å². The molecule has 0 bridgehead atoms. The minimum Gasteiger partial charge on any atom is -0.361 e. The number of aryl methyl sites for hydroxylation is 1. The van der Waals surface area contributed by atoms with Crippen LogP contribution in [0, 0.1) is 12.8 Å². The Bertz CT molecular complexity index is 629. The van der Waals surface area contributed by atoms with Gasteiger partial charge in [0.05, 0.1) is 23.3 Å². The first-order valence-corrected chi connectivity index (χ1v) is 8.67. The molecular formula is C18H27N5O. The van der Waals surface area contributed by atoms with Gasteiger partial charge < -0.3 is 9.42 Å². The second-order valence-corrected chi connectivity index (χ2v) is 7.09. The maximum atomic E-state index is 5.14. The molecule has 0 aliphatic carbocycles. The first kappa shape index (κ1) is 17.0. The maximum absolute atomic E-state index is 5.14. The zero-order valence-corrected chi connectivity index (χ0v) is 14.9. The van der Waals surface area contributed by atoms with Crippen LogP contribution in [0.15, 0.2) is 23.0 Å². The molecular weight excluding hydrogens is 302 g/mol. The average Bonchev–Trinajstić information content (AvgIpc) is 2.96. The fourth-order valence-corrected chi connectivity index (χ4v) is 3.26. The summed E-state index contributed by atoms with van der Waals surface area (Å²) in [5.41, 5.74) is 3.18. The van der Waals surface area contributed by atoms with E-state index >= 15 is 0 Å². The minimum atomic E-state index is 0.703. The summed E-state index contributed by atoms with van der Waals surface area (Å²) in [4.78, 5) is 13.7. The number of aromatic nitrogens is 3. The van der Waals surface area contributed by atoms with Crippen LogP contribution < -0.4 is 0 Å². The van der Waals surface area contributed by atoms with Crippen LogP contribution in [0.2, 0.25) is 0 Å². The molecule has 130 valence electrons. The maximum Gasteiger partial charge on any atom is 0.133 e. The van der Waals surface area contributed by atoms with E-state index in [2.05, 4.69) is 24.9 Å². The molecule has 0 atom stereocenters. The van der Waals surface area contributed by atoms with Crippen LogP contribution in [0.5, 0.6) is 0 Å². The van der Waals surface area contributed by atoms with Crippen molar-refractivity contribution >= 4 is 0 Å². The van der Waals surface area contributed by atoms with Gasteiger partial charge in [-0.25, -0.2) is 0 Å². The molecule has 0 unspecified atom stereocenters. The van der Waals surface area contributed by atoms with E-state index in [9.17, 15) is 0 Å². The molecule has 1 aliphatic heterocycles. The van der Waals surface area contributed by atoms with Gasteiger partial charge in [0.25, 0.3) is 0 Å². The van der Waals surface area contributed by atoms with E-state index < -0.39 is 0 Å². The van der Waals surface area contributed by atoms with Gasteiger partial charge in [0.1, 0.15) is 5.76 Å². The lowest BCUT2D eigenvalue weighted by atomic mass is 9.92. The molecule has 2 aromatic heterocycles. The molecule has 3 rings (SSSR count). The van der Waals surface area contributed by atoms with Gasteiger partial charge in [-0.2, -0.15) is 0 Å². The molecule has 24 heavy (non-hydrogen) atoms. The Balaban J connectivity index is 1.45. The van der Waals surface area contributed by atoms with Gasteiger partial charge in [-0.3, -0.25) is 14.9 Å². The Morgan fingerprint density at radius 1 is 1.12 bits per heavy atom. The van der Waals surface area contributed by atoms with E-state index in [1.54, 1.807) is 0 Å².